The third kappa shape index (κ3) is 4.31. The minimum absolute atomic E-state index is 0.00830. The second kappa shape index (κ2) is 6.66. The van der Waals surface area contributed by atoms with Crippen molar-refractivity contribution in [3.05, 3.63) is 35.6 Å². The largest absolute Gasteiger partial charge is 0.359 e. The highest BCUT2D eigenvalue weighted by Gasteiger charge is 2.27. The molecule has 0 bridgehead atoms. The maximum Gasteiger partial charge on any atom is 0.226 e. The molecule has 0 aromatic heterocycles. The zero-order valence-corrected chi connectivity index (χ0v) is 12.1. The van der Waals surface area contributed by atoms with Crippen molar-refractivity contribution in [2.45, 2.75) is 33.2 Å². The van der Waals surface area contributed by atoms with Gasteiger partial charge in [0.2, 0.25) is 5.91 Å². The molecular weight excluding hydrogens is 243 g/mol. The molecule has 0 saturated carbocycles. The number of halogens is 1. The average Bonchev–Trinajstić information content (AvgIpc) is 2.40. The number of hydrogen-bond acceptors (Lipinski definition) is 2. The highest BCUT2D eigenvalue weighted by molar-refractivity contribution is 5.81. The van der Waals surface area contributed by atoms with Crippen molar-refractivity contribution >= 4 is 5.91 Å². The Labute approximate surface area is 114 Å². The molecule has 106 valence electrons. The van der Waals surface area contributed by atoms with E-state index in [0.29, 0.717) is 6.54 Å². The molecule has 4 heteroatoms. The van der Waals surface area contributed by atoms with Crippen LogP contribution in [0.15, 0.2) is 24.3 Å². The smallest absolute Gasteiger partial charge is 0.226 e. The van der Waals surface area contributed by atoms with Gasteiger partial charge in [0.25, 0.3) is 0 Å². The zero-order chi connectivity index (χ0) is 14.5. The van der Waals surface area contributed by atoms with Crippen molar-refractivity contribution in [3.63, 3.8) is 0 Å². The van der Waals surface area contributed by atoms with E-state index in [1.807, 2.05) is 13.8 Å². The maximum absolute atomic E-state index is 12.9. The molecule has 0 aliphatic heterocycles. The molecule has 0 aliphatic rings. The van der Waals surface area contributed by atoms with Crippen LogP contribution in [0, 0.1) is 11.2 Å². The molecule has 1 amide bonds. The molecule has 19 heavy (non-hydrogen) atoms. The van der Waals surface area contributed by atoms with Crippen LogP contribution in [-0.2, 0) is 4.79 Å². The molecule has 1 aromatic rings. The van der Waals surface area contributed by atoms with Gasteiger partial charge in [-0.15, -0.1) is 0 Å². The van der Waals surface area contributed by atoms with Crippen molar-refractivity contribution in [1.29, 1.82) is 0 Å². The van der Waals surface area contributed by atoms with Crippen LogP contribution in [0.3, 0.4) is 0 Å². The summed E-state index contributed by atoms with van der Waals surface area (Å²) >= 11 is 0. The summed E-state index contributed by atoms with van der Waals surface area (Å²) in [4.78, 5) is 11.7. The summed E-state index contributed by atoms with van der Waals surface area (Å²) in [6.07, 6.45) is 0.884. The number of benzene rings is 1. The fourth-order valence-electron chi connectivity index (χ4n) is 1.99. The lowest BCUT2D eigenvalue weighted by Gasteiger charge is -2.26. The highest BCUT2D eigenvalue weighted by atomic mass is 19.1. The Balaban J connectivity index is 2.68. The monoisotopic (exact) mass is 266 g/mol. The summed E-state index contributed by atoms with van der Waals surface area (Å²) in [5, 5.41) is 6.04. The van der Waals surface area contributed by atoms with Crippen LogP contribution in [0.5, 0.6) is 0 Å². The topological polar surface area (TPSA) is 41.1 Å². The summed E-state index contributed by atoms with van der Waals surface area (Å²) in [6.45, 7) is 6.43. The van der Waals surface area contributed by atoms with Gasteiger partial charge in [-0.05, 0) is 38.0 Å². The Morgan fingerprint density at radius 2 is 1.89 bits per heavy atom. The minimum atomic E-state index is -0.470. The summed E-state index contributed by atoms with van der Waals surface area (Å²) in [5.41, 5.74) is 0.568. The number of carbonyl (C=O) groups excluding carboxylic acids is 1. The zero-order valence-electron chi connectivity index (χ0n) is 12.1. The first-order valence-corrected chi connectivity index (χ1v) is 6.61. The first-order chi connectivity index (χ1) is 8.90. The Morgan fingerprint density at radius 1 is 1.32 bits per heavy atom. The van der Waals surface area contributed by atoms with Gasteiger partial charge in [0, 0.05) is 19.6 Å². The number of nitrogens with one attached hydrogen (secondary N) is 2. The van der Waals surface area contributed by atoms with Gasteiger partial charge in [-0.3, -0.25) is 4.79 Å². The van der Waals surface area contributed by atoms with Gasteiger partial charge in [-0.2, -0.15) is 0 Å². The molecule has 0 heterocycles. The van der Waals surface area contributed by atoms with Crippen molar-refractivity contribution in [2.75, 3.05) is 13.6 Å². The molecule has 0 spiro atoms. The van der Waals surface area contributed by atoms with Crippen LogP contribution in [0.2, 0.25) is 0 Å². The van der Waals surface area contributed by atoms with Crippen LogP contribution in [-0.4, -0.2) is 19.5 Å². The number of carbonyl (C=O) groups is 1. The predicted molar refractivity (Wildman–Crippen MR) is 75.3 cm³/mol. The third-order valence-corrected chi connectivity index (χ3v) is 3.31. The molecule has 0 radical (unpaired) electrons. The lowest BCUT2D eigenvalue weighted by Crippen LogP contribution is -2.42. The maximum atomic E-state index is 12.9. The highest BCUT2D eigenvalue weighted by Crippen LogP contribution is 2.20. The SMILES string of the molecule is CCC(NCC(C)(C)C(=O)NC)c1ccc(F)cc1. The van der Waals surface area contributed by atoms with Crippen molar-refractivity contribution in [2.24, 2.45) is 5.41 Å². The van der Waals surface area contributed by atoms with E-state index in [4.69, 9.17) is 0 Å². The van der Waals surface area contributed by atoms with Crippen LogP contribution in [0.1, 0.15) is 38.8 Å². The van der Waals surface area contributed by atoms with E-state index in [0.717, 1.165) is 12.0 Å². The van der Waals surface area contributed by atoms with E-state index >= 15 is 0 Å². The van der Waals surface area contributed by atoms with Crippen molar-refractivity contribution in [3.8, 4) is 0 Å². The van der Waals surface area contributed by atoms with E-state index in [-0.39, 0.29) is 17.8 Å². The molecule has 1 atom stereocenters. The Morgan fingerprint density at radius 3 is 2.37 bits per heavy atom. The molecule has 1 unspecified atom stereocenters. The Hall–Kier alpha value is -1.42. The van der Waals surface area contributed by atoms with Crippen LogP contribution in [0.25, 0.3) is 0 Å². The average molecular weight is 266 g/mol. The fraction of sp³-hybridized carbons (Fsp3) is 0.533. The lowest BCUT2D eigenvalue weighted by molar-refractivity contribution is -0.128. The molecule has 1 rings (SSSR count). The van der Waals surface area contributed by atoms with Gasteiger partial charge < -0.3 is 10.6 Å². The molecule has 2 N–H and O–H groups in total. The molecule has 0 aliphatic carbocycles. The van der Waals surface area contributed by atoms with Gasteiger partial charge in [0.05, 0.1) is 5.41 Å². The Kier molecular flexibility index (Phi) is 5.48. The second-order valence-electron chi connectivity index (χ2n) is 5.36. The number of amides is 1. The van der Waals surface area contributed by atoms with Crippen LogP contribution in [0.4, 0.5) is 4.39 Å². The van der Waals surface area contributed by atoms with E-state index in [1.165, 1.54) is 12.1 Å². The van der Waals surface area contributed by atoms with Gasteiger partial charge in [-0.1, -0.05) is 19.1 Å². The molecular formula is C15H23FN2O. The normalized spacial score (nSPS) is 13.1. The first-order valence-electron chi connectivity index (χ1n) is 6.61. The Bertz CT molecular complexity index is 415. The summed E-state index contributed by atoms with van der Waals surface area (Å²) in [5.74, 6) is -0.224. The van der Waals surface area contributed by atoms with E-state index in [1.54, 1.807) is 19.2 Å². The molecule has 1 aromatic carbocycles. The molecule has 3 nitrogen and oxygen atoms in total. The molecule has 0 saturated heterocycles. The van der Waals surface area contributed by atoms with Gasteiger partial charge >= 0.3 is 0 Å². The fourth-order valence-corrected chi connectivity index (χ4v) is 1.99. The van der Waals surface area contributed by atoms with E-state index < -0.39 is 5.41 Å². The summed E-state index contributed by atoms with van der Waals surface area (Å²) < 4.78 is 12.9. The van der Waals surface area contributed by atoms with Gasteiger partial charge in [0.15, 0.2) is 0 Å². The van der Waals surface area contributed by atoms with E-state index in [9.17, 15) is 9.18 Å². The first kappa shape index (κ1) is 15.6. The minimum Gasteiger partial charge on any atom is -0.359 e. The second-order valence-corrected chi connectivity index (χ2v) is 5.36. The van der Waals surface area contributed by atoms with Crippen molar-refractivity contribution < 1.29 is 9.18 Å². The van der Waals surface area contributed by atoms with Gasteiger partial charge in [0.1, 0.15) is 5.82 Å². The standard InChI is InChI=1S/C15H23FN2O/c1-5-13(11-6-8-12(16)9-7-11)18-10-15(2,3)14(19)17-4/h6-9,13,18H,5,10H2,1-4H3,(H,17,19). The van der Waals surface area contributed by atoms with Crippen LogP contribution < -0.4 is 10.6 Å². The quantitative estimate of drug-likeness (QED) is 0.831. The third-order valence-electron chi connectivity index (χ3n) is 3.31. The number of hydrogen-bond donors (Lipinski definition) is 2. The van der Waals surface area contributed by atoms with Crippen LogP contribution >= 0.6 is 0 Å². The summed E-state index contributed by atoms with van der Waals surface area (Å²) in [6, 6.07) is 6.62. The van der Waals surface area contributed by atoms with Crippen molar-refractivity contribution in [1.82, 2.24) is 10.6 Å². The van der Waals surface area contributed by atoms with Gasteiger partial charge in [-0.25, -0.2) is 4.39 Å². The molecule has 0 fully saturated rings. The summed E-state index contributed by atoms with van der Waals surface area (Å²) in [7, 11) is 1.64. The van der Waals surface area contributed by atoms with E-state index in [2.05, 4.69) is 17.6 Å². The predicted octanol–water partition coefficient (Wildman–Crippen LogP) is 2.64. The number of rotatable bonds is 6. The lowest BCUT2D eigenvalue weighted by atomic mass is 9.91.